The van der Waals surface area contributed by atoms with Gasteiger partial charge in [0.2, 0.25) is 5.91 Å². The summed E-state index contributed by atoms with van der Waals surface area (Å²) >= 11 is 0. The molecule has 2 N–H and O–H groups in total. The van der Waals surface area contributed by atoms with Crippen LogP contribution in [0.4, 0.5) is 11.4 Å². The van der Waals surface area contributed by atoms with Crippen LogP contribution in [0.3, 0.4) is 0 Å². The first kappa shape index (κ1) is 21.5. The highest BCUT2D eigenvalue weighted by atomic mass is 16.2. The number of allylic oxidation sites excluding steroid dienone is 1. The fourth-order valence-electron chi connectivity index (χ4n) is 3.58. The molecule has 0 saturated heterocycles. The molecule has 156 valence electrons. The van der Waals surface area contributed by atoms with Crippen molar-refractivity contribution in [3.05, 3.63) is 70.8 Å². The molecule has 0 aromatic heterocycles. The number of nitrogens with zero attached hydrogens (tertiary/aromatic N) is 2. The smallest absolute Gasteiger partial charge is 0.251 e. The number of carbonyl (C=O) groups excluding carboxylic acids is 3. The Balaban J connectivity index is 2.08. The normalized spacial score (nSPS) is 16.0. The number of carbonyl (C=O) groups is 3. The molecule has 0 radical (unpaired) electrons. The number of Topliss-reactive ketones (excluding diaryl/α,β-unsaturated/α-hetero) is 1. The van der Waals surface area contributed by atoms with Crippen LogP contribution in [0.5, 0.6) is 0 Å². The summed E-state index contributed by atoms with van der Waals surface area (Å²) in [5.74, 6) is -0.795. The van der Waals surface area contributed by atoms with Gasteiger partial charge in [-0.1, -0.05) is 35.9 Å². The van der Waals surface area contributed by atoms with Gasteiger partial charge >= 0.3 is 0 Å². The quantitative estimate of drug-likeness (QED) is 0.626. The second-order valence-electron chi connectivity index (χ2n) is 7.93. The number of fused-ring (bicyclic) bond motifs is 1. The Morgan fingerprint density at radius 3 is 2.47 bits per heavy atom. The first-order valence-corrected chi connectivity index (χ1v) is 9.92. The average Bonchev–Trinajstić information content (AvgIpc) is 2.78. The topological polar surface area (TPSA) is 83.7 Å². The van der Waals surface area contributed by atoms with E-state index in [9.17, 15) is 14.4 Å². The van der Waals surface area contributed by atoms with E-state index in [0.717, 1.165) is 16.7 Å². The molecule has 1 atom stereocenters. The molecule has 1 aliphatic heterocycles. The summed E-state index contributed by atoms with van der Waals surface area (Å²) in [4.78, 5) is 42.0. The molecule has 30 heavy (non-hydrogen) atoms. The number of anilines is 2. The summed E-state index contributed by atoms with van der Waals surface area (Å²) in [6.45, 7) is 7.35. The molecular formula is C24H27N3O3. The lowest BCUT2D eigenvalue weighted by Gasteiger charge is -2.25. The highest BCUT2D eigenvalue weighted by Gasteiger charge is 2.35. The Kier molecular flexibility index (Phi) is 6.17. The third-order valence-electron chi connectivity index (χ3n) is 5.10. The van der Waals surface area contributed by atoms with Gasteiger partial charge in [0.1, 0.15) is 6.04 Å². The molecule has 1 heterocycles. The largest absolute Gasteiger partial charge is 0.318 e. The number of nitrogens with two attached hydrogens (primary N) is 1. The van der Waals surface area contributed by atoms with Crippen molar-refractivity contribution in [2.45, 2.75) is 33.7 Å². The molecule has 6 heteroatoms. The van der Waals surface area contributed by atoms with E-state index in [-0.39, 0.29) is 30.7 Å². The number of aryl methyl sites for hydroxylation is 2. The maximum atomic E-state index is 13.2. The second-order valence-corrected chi connectivity index (χ2v) is 7.93. The predicted molar refractivity (Wildman–Crippen MR) is 119 cm³/mol. The SMILES string of the molecule is CC(C)=CC(=O)N1CC(N)C(=O)N(CC(=O)c2ccccc2C)c2cc(C)ccc21. The molecule has 1 unspecified atom stereocenters. The van der Waals surface area contributed by atoms with E-state index in [1.54, 1.807) is 18.2 Å². The van der Waals surface area contributed by atoms with Crippen molar-refractivity contribution in [2.24, 2.45) is 5.73 Å². The summed E-state index contributed by atoms with van der Waals surface area (Å²) in [6, 6.07) is 11.8. The van der Waals surface area contributed by atoms with Gasteiger partial charge in [-0.15, -0.1) is 0 Å². The maximum Gasteiger partial charge on any atom is 0.251 e. The molecule has 0 aliphatic carbocycles. The van der Waals surface area contributed by atoms with E-state index in [1.165, 1.54) is 15.9 Å². The van der Waals surface area contributed by atoms with Crippen LogP contribution in [0.25, 0.3) is 0 Å². The molecule has 2 aromatic carbocycles. The molecule has 6 nitrogen and oxygen atoms in total. The van der Waals surface area contributed by atoms with Crippen molar-refractivity contribution in [3.63, 3.8) is 0 Å². The van der Waals surface area contributed by atoms with Crippen molar-refractivity contribution >= 4 is 29.0 Å². The Bertz CT molecular complexity index is 1040. The summed E-state index contributed by atoms with van der Waals surface area (Å²) in [6.07, 6.45) is 1.52. The number of rotatable bonds is 4. The van der Waals surface area contributed by atoms with Gasteiger partial charge in [-0.2, -0.15) is 0 Å². The lowest BCUT2D eigenvalue weighted by Crippen LogP contribution is -2.49. The van der Waals surface area contributed by atoms with Gasteiger partial charge in [0.15, 0.2) is 5.78 Å². The zero-order valence-corrected chi connectivity index (χ0v) is 17.8. The van der Waals surface area contributed by atoms with Gasteiger partial charge in [0.25, 0.3) is 5.91 Å². The minimum atomic E-state index is -0.933. The zero-order chi connectivity index (χ0) is 22.0. The Morgan fingerprint density at radius 1 is 1.10 bits per heavy atom. The lowest BCUT2D eigenvalue weighted by atomic mass is 10.0. The van der Waals surface area contributed by atoms with Gasteiger partial charge in [0.05, 0.1) is 24.5 Å². The first-order chi connectivity index (χ1) is 14.2. The Morgan fingerprint density at radius 2 is 1.80 bits per heavy atom. The molecule has 1 aliphatic rings. The van der Waals surface area contributed by atoms with Crippen molar-refractivity contribution in [1.82, 2.24) is 0 Å². The maximum absolute atomic E-state index is 13.2. The van der Waals surface area contributed by atoms with Crippen molar-refractivity contribution in [1.29, 1.82) is 0 Å². The predicted octanol–water partition coefficient (Wildman–Crippen LogP) is 3.16. The molecule has 0 saturated carbocycles. The van der Waals surface area contributed by atoms with Gasteiger partial charge in [-0.05, 0) is 51.0 Å². The Hall–Kier alpha value is -3.25. The molecular weight excluding hydrogens is 378 g/mol. The van der Waals surface area contributed by atoms with Crippen LogP contribution < -0.4 is 15.5 Å². The van der Waals surface area contributed by atoms with Crippen LogP contribution in [-0.4, -0.2) is 36.7 Å². The van der Waals surface area contributed by atoms with Crippen LogP contribution >= 0.6 is 0 Å². The molecule has 2 amide bonds. The van der Waals surface area contributed by atoms with E-state index >= 15 is 0 Å². The summed E-state index contributed by atoms with van der Waals surface area (Å²) < 4.78 is 0. The third-order valence-corrected chi connectivity index (χ3v) is 5.10. The van der Waals surface area contributed by atoms with Crippen LogP contribution in [0.1, 0.15) is 35.3 Å². The monoisotopic (exact) mass is 405 g/mol. The number of hydrogen-bond donors (Lipinski definition) is 1. The van der Waals surface area contributed by atoms with Crippen LogP contribution in [0.15, 0.2) is 54.1 Å². The molecule has 0 spiro atoms. The standard InChI is InChI=1S/C24H27N3O3/c1-15(2)11-23(29)26-13-19(25)24(30)27(21-12-16(3)9-10-20(21)26)14-22(28)18-8-6-5-7-17(18)4/h5-12,19H,13-14,25H2,1-4H3. The molecule has 0 fully saturated rings. The van der Waals surface area contributed by atoms with Crippen molar-refractivity contribution in [2.75, 3.05) is 22.9 Å². The third kappa shape index (κ3) is 4.33. The van der Waals surface area contributed by atoms with Gasteiger partial charge < -0.3 is 15.5 Å². The summed E-state index contributed by atoms with van der Waals surface area (Å²) in [5.41, 5.74) is 10.4. The number of benzene rings is 2. The van der Waals surface area contributed by atoms with Gasteiger partial charge in [0, 0.05) is 11.6 Å². The van der Waals surface area contributed by atoms with E-state index < -0.39 is 6.04 Å². The highest BCUT2D eigenvalue weighted by Crippen LogP contribution is 2.34. The Labute approximate surface area is 177 Å². The van der Waals surface area contributed by atoms with Crippen LogP contribution in [-0.2, 0) is 9.59 Å². The second kappa shape index (κ2) is 8.63. The minimum absolute atomic E-state index is 0.0482. The van der Waals surface area contributed by atoms with Crippen molar-refractivity contribution in [3.8, 4) is 0 Å². The zero-order valence-electron chi connectivity index (χ0n) is 17.8. The first-order valence-electron chi connectivity index (χ1n) is 9.92. The van der Waals surface area contributed by atoms with Gasteiger partial charge in [-0.25, -0.2) is 0 Å². The molecule has 2 aromatic rings. The van der Waals surface area contributed by atoms with Crippen molar-refractivity contribution < 1.29 is 14.4 Å². The average molecular weight is 405 g/mol. The van der Waals surface area contributed by atoms with Crippen LogP contribution in [0.2, 0.25) is 0 Å². The number of amides is 2. The molecule has 3 rings (SSSR count). The number of ketones is 1. The lowest BCUT2D eigenvalue weighted by molar-refractivity contribution is -0.119. The van der Waals surface area contributed by atoms with Crippen LogP contribution in [0, 0.1) is 13.8 Å². The highest BCUT2D eigenvalue weighted by molar-refractivity contribution is 6.13. The van der Waals surface area contributed by atoms with E-state index in [0.29, 0.717) is 16.9 Å². The fourth-order valence-corrected chi connectivity index (χ4v) is 3.58. The van der Waals surface area contributed by atoms with E-state index in [2.05, 4.69) is 0 Å². The van der Waals surface area contributed by atoms with E-state index in [4.69, 9.17) is 5.73 Å². The molecule has 0 bridgehead atoms. The van der Waals surface area contributed by atoms with Gasteiger partial charge in [-0.3, -0.25) is 14.4 Å². The fraction of sp³-hybridized carbons (Fsp3) is 0.292. The van der Waals surface area contributed by atoms with E-state index in [1.807, 2.05) is 52.0 Å². The summed E-state index contributed by atoms with van der Waals surface area (Å²) in [7, 11) is 0. The summed E-state index contributed by atoms with van der Waals surface area (Å²) in [5, 5.41) is 0. The number of hydrogen-bond acceptors (Lipinski definition) is 4. The minimum Gasteiger partial charge on any atom is -0.318 e.